The van der Waals surface area contributed by atoms with Crippen LogP contribution in [0.25, 0.3) is 0 Å². The first-order valence-corrected chi connectivity index (χ1v) is 4.23. The minimum Gasteiger partial charge on any atom is -0.184 e. The van der Waals surface area contributed by atoms with Gasteiger partial charge < -0.3 is 0 Å². The zero-order chi connectivity index (χ0) is 9.36. The molecule has 0 saturated heterocycles. The minimum atomic E-state index is 0. The van der Waals surface area contributed by atoms with E-state index >= 15 is 0 Å². The summed E-state index contributed by atoms with van der Waals surface area (Å²) in [4.78, 5) is 0. The van der Waals surface area contributed by atoms with Crippen molar-refractivity contribution in [1.29, 1.82) is 0 Å². The van der Waals surface area contributed by atoms with Crippen LogP contribution in [0.1, 0.15) is 5.56 Å². The second-order valence-electron chi connectivity index (χ2n) is 2.65. The smallest absolute Gasteiger partial charge is 0.184 e. The Balaban J connectivity index is 0. The SMILES string of the molecule is Br.Cc1cc[c-]cc1.[Mg+2].[c-]1ccccc1. The molecule has 74 valence electrons. The van der Waals surface area contributed by atoms with Crippen molar-refractivity contribution >= 4 is 40.0 Å². The molecule has 0 bridgehead atoms. The predicted molar refractivity (Wildman–Crippen MR) is 71.4 cm³/mol. The third kappa shape index (κ3) is 9.98. The molecule has 0 atom stereocenters. The van der Waals surface area contributed by atoms with Gasteiger partial charge in [-0.05, 0) is 0 Å². The predicted octanol–water partition coefficient (Wildman–Crippen LogP) is 3.48. The molecule has 2 heteroatoms. The van der Waals surface area contributed by atoms with E-state index in [-0.39, 0.29) is 40.0 Å². The van der Waals surface area contributed by atoms with Gasteiger partial charge in [-0.25, -0.2) is 0 Å². The fraction of sp³-hybridized carbons (Fsp3) is 0.0769. The number of halogens is 1. The largest absolute Gasteiger partial charge is 2.00 e. The third-order valence-electron chi connectivity index (χ3n) is 1.49. The van der Waals surface area contributed by atoms with Gasteiger partial charge in [0.1, 0.15) is 0 Å². The normalized spacial score (nSPS) is 7.27. The number of aryl methyl sites for hydroxylation is 1. The summed E-state index contributed by atoms with van der Waals surface area (Å²) in [5.41, 5.74) is 1.29. The standard InChI is InChI=1S/C7H7.C6H5.BrH.Mg/c1-7-5-3-2-4-6-7;1-2-4-6-5-3-1;;/h3-6H,1H3;1-5H;1H;/q2*-1;;+2. The van der Waals surface area contributed by atoms with E-state index in [1.807, 2.05) is 54.6 Å². The van der Waals surface area contributed by atoms with Crippen LogP contribution in [-0.2, 0) is 0 Å². The Morgan fingerprint density at radius 1 is 0.800 bits per heavy atom. The van der Waals surface area contributed by atoms with E-state index in [4.69, 9.17) is 0 Å². The van der Waals surface area contributed by atoms with Gasteiger partial charge in [-0.1, -0.05) is 6.92 Å². The molecule has 0 aliphatic heterocycles. The van der Waals surface area contributed by atoms with E-state index in [1.165, 1.54) is 5.56 Å². The first-order chi connectivity index (χ1) is 6.39. The van der Waals surface area contributed by atoms with Crippen LogP contribution < -0.4 is 0 Å². The second kappa shape index (κ2) is 11.8. The topological polar surface area (TPSA) is 0 Å². The molecule has 0 N–H and O–H groups in total. The summed E-state index contributed by atoms with van der Waals surface area (Å²) in [5.74, 6) is 0. The van der Waals surface area contributed by atoms with Gasteiger partial charge in [-0.3, -0.25) is 0 Å². The molecule has 2 aromatic carbocycles. The van der Waals surface area contributed by atoms with Crippen molar-refractivity contribution in [3.63, 3.8) is 0 Å². The summed E-state index contributed by atoms with van der Waals surface area (Å²) in [6.45, 7) is 2.06. The van der Waals surface area contributed by atoms with Crippen molar-refractivity contribution in [2.45, 2.75) is 6.92 Å². The molecule has 0 radical (unpaired) electrons. The number of benzene rings is 2. The molecule has 2 rings (SSSR count). The molecular weight excluding hydrogens is 260 g/mol. The van der Waals surface area contributed by atoms with Crippen molar-refractivity contribution in [2.75, 3.05) is 0 Å². The van der Waals surface area contributed by atoms with Crippen LogP contribution in [-0.4, -0.2) is 23.1 Å². The van der Waals surface area contributed by atoms with Crippen LogP contribution in [0.15, 0.2) is 54.6 Å². The Morgan fingerprint density at radius 3 is 1.47 bits per heavy atom. The Morgan fingerprint density at radius 2 is 1.27 bits per heavy atom. The average Bonchev–Trinajstić information content (AvgIpc) is 2.22. The van der Waals surface area contributed by atoms with E-state index in [0.29, 0.717) is 0 Å². The maximum atomic E-state index is 2.93. The zero-order valence-electron chi connectivity index (χ0n) is 8.81. The van der Waals surface area contributed by atoms with Crippen molar-refractivity contribution in [1.82, 2.24) is 0 Å². The van der Waals surface area contributed by atoms with Gasteiger partial charge in [0.15, 0.2) is 0 Å². The maximum Gasteiger partial charge on any atom is 2.00 e. The molecule has 0 heterocycles. The molecule has 15 heavy (non-hydrogen) atoms. The van der Waals surface area contributed by atoms with Gasteiger partial charge in [0.2, 0.25) is 0 Å². The summed E-state index contributed by atoms with van der Waals surface area (Å²) < 4.78 is 0. The zero-order valence-corrected chi connectivity index (χ0v) is 11.9. The Kier molecular flexibility index (Phi) is 13.4. The van der Waals surface area contributed by atoms with E-state index in [2.05, 4.69) is 19.1 Å². The van der Waals surface area contributed by atoms with Crippen molar-refractivity contribution < 1.29 is 0 Å². The Hall–Kier alpha value is -0.314. The van der Waals surface area contributed by atoms with Crippen LogP contribution in [0.5, 0.6) is 0 Å². The van der Waals surface area contributed by atoms with E-state index in [9.17, 15) is 0 Å². The summed E-state index contributed by atoms with van der Waals surface area (Å²) in [6.07, 6.45) is 0. The van der Waals surface area contributed by atoms with Crippen LogP contribution in [0.4, 0.5) is 0 Å². The fourth-order valence-corrected chi connectivity index (χ4v) is 0.812. The van der Waals surface area contributed by atoms with Gasteiger partial charge >= 0.3 is 23.1 Å². The van der Waals surface area contributed by atoms with Crippen LogP contribution in [0.3, 0.4) is 0 Å². The molecule has 0 saturated carbocycles. The molecule has 0 aliphatic rings. The van der Waals surface area contributed by atoms with Crippen LogP contribution in [0, 0.1) is 19.1 Å². The van der Waals surface area contributed by atoms with E-state index in [0.717, 1.165) is 0 Å². The molecule has 0 nitrogen and oxygen atoms in total. The molecule has 2 aromatic rings. The first kappa shape index (κ1) is 17.1. The monoisotopic (exact) mass is 272 g/mol. The van der Waals surface area contributed by atoms with Gasteiger partial charge in [-0.15, -0.1) is 17.0 Å². The second-order valence-corrected chi connectivity index (χ2v) is 2.65. The average molecular weight is 273 g/mol. The minimum absolute atomic E-state index is 0. The molecular formula is C13H13BrMg. The number of hydrogen-bond acceptors (Lipinski definition) is 0. The molecule has 0 aliphatic carbocycles. The molecule has 0 unspecified atom stereocenters. The van der Waals surface area contributed by atoms with Crippen molar-refractivity contribution in [3.05, 3.63) is 72.3 Å². The summed E-state index contributed by atoms with van der Waals surface area (Å²) >= 11 is 0. The molecule has 0 amide bonds. The first-order valence-electron chi connectivity index (χ1n) is 4.23. The van der Waals surface area contributed by atoms with Gasteiger partial charge in [0.05, 0.1) is 0 Å². The van der Waals surface area contributed by atoms with Crippen LogP contribution in [0.2, 0.25) is 0 Å². The van der Waals surface area contributed by atoms with E-state index in [1.54, 1.807) is 0 Å². The molecule has 0 spiro atoms. The van der Waals surface area contributed by atoms with E-state index < -0.39 is 0 Å². The summed E-state index contributed by atoms with van der Waals surface area (Å²) in [5, 5.41) is 0. The third-order valence-corrected chi connectivity index (χ3v) is 1.49. The van der Waals surface area contributed by atoms with Gasteiger partial charge in [0.25, 0.3) is 0 Å². The van der Waals surface area contributed by atoms with Gasteiger partial charge in [0, 0.05) is 0 Å². The Bertz CT molecular complexity index is 281. The fourth-order valence-electron chi connectivity index (χ4n) is 0.812. The van der Waals surface area contributed by atoms with Crippen molar-refractivity contribution in [2.24, 2.45) is 0 Å². The molecule has 0 aromatic heterocycles. The summed E-state index contributed by atoms with van der Waals surface area (Å²) in [6, 6.07) is 23.3. The Labute approximate surface area is 119 Å². The van der Waals surface area contributed by atoms with Crippen molar-refractivity contribution in [3.8, 4) is 0 Å². The summed E-state index contributed by atoms with van der Waals surface area (Å²) in [7, 11) is 0. The number of hydrogen-bond donors (Lipinski definition) is 0. The molecule has 0 fully saturated rings. The number of rotatable bonds is 0. The van der Waals surface area contributed by atoms with Crippen LogP contribution >= 0.6 is 17.0 Å². The van der Waals surface area contributed by atoms with Gasteiger partial charge in [-0.2, -0.15) is 72.3 Å². The maximum absolute atomic E-state index is 2.93. The quantitative estimate of drug-likeness (QED) is 0.509.